The highest BCUT2D eigenvalue weighted by Crippen LogP contribution is 2.35. The summed E-state index contributed by atoms with van der Waals surface area (Å²) < 4.78 is 10.7. The Bertz CT molecular complexity index is 1020. The molecule has 0 bridgehead atoms. The minimum atomic E-state index is -0.393. The smallest absolute Gasteiger partial charge is 0.338 e. The van der Waals surface area contributed by atoms with E-state index in [1.807, 2.05) is 0 Å². The van der Waals surface area contributed by atoms with Gasteiger partial charge in [-0.3, -0.25) is 4.79 Å². The van der Waals surface area contributed by atoms with Crippen molar-refractivity contribution in [1.29, 1.82) is 0 Å². The number of carbonyl (C=O) groups is 2. The number of aliphatic imine (C=N–C) groups is 1. The SMILES string of the molecule is CCOC(=O)c1ccc(N=C2NC(=O)/C(=C\c3cc(OC)c(O)cc3Br)S2)cc1. The molecular weight excluding hydrogens is 460 g/mol. The van der Waals surface area contributed by atoms with Crippen LogP contribution < -0.4 is 10.1 Å². The zero-order valence-electron chi connectivity index (χ0n) is 15.6. The Labute approximate surface area is 179 Å². The van der Waals surface area contributed by atoms with E-state index in [1.165, 1.54) is 24.9 Å². The van der Waals surface area contributed by atoms with Crippen LogP contribution in [-0.2, 0) is 9.53 Å². The van der Waals surface area contributed by atoms with Gasteiger partial charge in [0.05, 0.1) is 29.9 Å². The highest BCUT2D eigenvalue weighted by molar-refractivity contribution is 9.10. The van der Waals surface area contributed by atoms with E-state index >= 15 is 0 Å². The summed E-state index contributed by atoms with van der Waals surface area (Å²) in [6, 6.07) is 9.72. The van der Waals surface area contributed by atoms with Crippen LogP contribution >= 0.6 is 27.7 Å². The van der Waals surface area contributed by atoms with E-state index in [0.717, 1.165) is 0 Å². The zero-order chi connectivity index (χ0) is 21.0. The fourth-order valence-electron chi connectivity index (χ4n) is 2.46. The topological polar surface area (TPSA) is 97.2 Å². The molecule has 1 heterocycles. The number of amides is 1. The second-order valence-electron chi connectivity index (χ2n) is 5.79. The van der Waals surface area contributed by atoms with Gasteiger partial charge in [-0.1, -0.05) is 15.9 Å². The van der Waals surface area contributed by atoms with Gasteiger partial charge in [0.1, 0.15) is 0 Å². The van der Waals surface area contributed by atoms with Crippen LogP contribution in [-0.4, -0.2) is 35.9 Å². The van der Waals surface area contributed by atoms with E-state index in [0.29, 0.717) is 43.7 Å². The normalized spacial score (nSPS) is 16.2. The lowest BCUT2D eigenvalue weighted by molar-refractivity contribution is -0.115. The lowest BCUT2D eigenvalue weighted by Gasteiger charge is -2.06. The monoisotopic (exact) mass is 476 g/mol. The number of halogens is 1. The minimum absolute atomic E-state index is 0.00133. The van der Waals surface area contributed by atoms with Gasteiger partial charge in [0.25, 0.3) is 5.91 Å². The first-order valence-electron chi connectivity index (χ1n) is 8.54. The standard InChI is InChI=1S/C20H17BrN2O5S/c1-3-28-19(26)11-4-6-13(7-5-11)22-20-23-18(25)17(29-20)9-12-8-16(27-2)15(24)10-14(12)21/h4-10,24H,3H2,1-2H3,(H,22,23,25)/b17-9+. The number of amidine groups is 1. The number of carbonyl (C=O) groups excluding carboxylic acids is 2. The molecule has 0 atom stereocenters. The van der Waals surface area contributed by atoms with Crippen molar-refractivity contribution in [3.8, 4) is 11.5 Å². The molecular formula is C20H17BrN2O5S. The molecule has 2 aromatic rings. The molecule has 29 heavy (non-hydrogen) atoms. The first-order chi connectivity index (χ1) is 13.9. The molecule has 9 heteroatoms. The number of ether oxygens (including phenoxy) is 2. The Hall–Kier alpha value is -2.78. The van der Waals surface area contributed by atoms with Crippen molar-refractivity contribution in [1.82, 2.24) is 5.32 Å². The quantitative estimate of drug-likeness (QED) is 0.494. The Morgan fingerprint density at radius 3 is 2.69 bits per heavy atom. The van der Waals surface area contributed by atoms with Crippen molar-refractivity contribution in [2.75, 3.05) is 13.7 Å². The molecule has 7 nitrogen and oxygen atoms in total. The highest BCUT2D eigenvalue weighted by Gasteiger charge is 2.24. The van der Waals surface area contributed by atoms with Crippen LogP contribution in [0.4, 0.5) is 5.69 Å². The molecule has 1 fully saturated rings. The summed E-state index contributed by atoms with van der Waals surface area (Å²) in [5.41, 5.74) is 1.71. The van der Waals surface area contributed by atoms with Crippen LogP contribution in [0.1, 0.15) is 22.8 Å². The lowest BCUT2D eigenvalue weighted by Crippen LogP contribution is -2.19. The molecule has 2 aromatic carbocycles. The Morgan fingerprint density at radius 2 is 2.03 bits per heavy atom. The van der Waals surface area contributed by atoms with Gasteiger partial charge in [0, 0.05) is 4.47 Å². The first-order valence-corrected chi connectivity index (χ1v) is 10.2. The highest BCUT2D eigenvalue weighted by atomic mass is 79.9. The van der Waals surface area contributed by atoms with Crippen molar-refractivity contribution in [2.24, 2.45) is 4.99 Å². The van der Waals surface area contributed by atoms with Crippen molar-refractivity contribution < 1.29 is 24.2 Å². The maximum atomic E-state index is 12.3. The van der Waals surface area contributed by atoms with Crippen LogP contribution in [0.25, 0.3) is 6.08 Å². The fourth-order valence-corrected chi connectivity index (χ4v) is 3.74. The number of methoxy groups -OCH3 is 1. The molecule has 1 aliphatic heterocycles. The number of benzene rings is 2. The number of hydrogen-bond acceptors (Lipinski definition) is 7. The van der Waals surface area contributed by atoms with Gasteiger partial charge >= 0.3 is 5.97 Å². The summed E-state index contributed by atoms with van der Waals surface area (Å²) in [4.78, 5) is 28.8. The van der Waals surface area contributed by atoms with Crippen LogP contribution in [0, 0.1) is 0 Å². The molecule has 2 N–H and O–H groups in total. The van der Waals surface area contributed by atoms with Crippen molar-refractivity contribution in [2.45, 2.75) is 6.92 Å². The summed E-state index contributed by atoms with van der Waals surface area (Å²) in [6.07, 6.45) is 1.68. The molecule has 1 saturated heterocycles. The summed E-state index contributed by atoms with van der Waals surface area (Å²) in [5.74, 6) is -0.371. The van der Waals surface area contributed by atoms with Crippen molar-refractivity contribution in [3.05, 3.63) is 56.9 Å². The fraction of sp³-hybridized carbons (Fsp3) is 0.150. The second-order valence-corrected chi connectivity index (χ2v) is 7.68. The zero-order valence-corrected chi connectivity index (χ0v) is 18.0. The average molecular weight is 477 g/mol. The predicted octanol–water partition coefficient (Wildman–Crippen LogP) is 4.23. The van der Waals surface area contributed by atoms with Gasteiger partial charge in [0.15, 0.2) is 16.7 Å². The lowest BCUT2D eigenvalue weighted by atomic mass is 10.2. The van der Waals surface area contributed by atoms with E-state index in [9.17, 15) is 14.7 Å². The average Bonchev–Trinajstić information content (AvgIpc) is 3.03. The van der Waals surface area contributed by atoms with E-state index in [1.54, 1.807) is 43.3 Å². The molecule has 0 aromatic heterocycles. The molecule has 0 aliphatic carbocycles. The van der Waals surface area contributed by atoms with Gasteiger partial charge in [0.2, 0.25) is 0 Å². The number of rotatable bonds is 5. The number of hydrogen-bond donors (Lipinski definition) is 2. The summed E-state index contributed by atoms with van der Waals surface area (Å²) in [7, 11) is 1.45. The number of nitrogens with zero attached hydrogens (tertiary/aromatic N) is 1. The molecule has 0 unspecified atom stereocenters. The number of esters is 1. The molecule has 0 spiro atoms. The van der Waals surface area contributed by atoms with Crippen molar-refractivity contribution in [3.63, 3.8) is 0 Å². The third-order valence-corrected chi connectivity index (χ3v) is 5.44. The Balaban J connectivity index is 1.80. The maximum Gasteiger partial charge on any atom is 0.338 e. The number of phenolic OH excluding ortho intramolecular Hbond substituents is 1. The molecule has 1 amide bonds. The van der Waals surface area contributed by atoms with E-state index in [4.69, 9.17) is 9.47 Å². The van der Waals surface area contributed by atoms with Crippen LogP contribution in [0.2, 0.25) is 0 Å². The number of thioether (sulfide) groups is 1. The third kappa shape index (κ3) is 4.99. The second kappa shape index (κ2) is 9.15. The number of nitrogens with one attached hydrogen (secondary N) is 1. The van der Waals surface area contributed by atoms with Crippen LogP contribution in [0.5, 0.6) is 11.5 Å². The third-order valence-electron chi connectivity index (χ3n) is 3.84. The van der Waals surface area contributed by atoms with E-state index in [2.05, 4.69) is 26.2 Å². The Kier molecular flexibility index (Phi) is 6.60. The molecule has 0 saturated carbocycles. The van der Waals surface area contributed by atoms with Gasteiger partial charge in [-0.05, 0) is 66.7 Å². The predicted molar refractivity (Wildman–Crippen MR) is 116 cm³/mol. The first kappa shape index (κ1) is 20.9. The molecule has 0 radical (unpaired) electrons. The van der Waals surface area contributed by atoms with Crippen LogP contribution in [0.15, 0.2) is 50.8 Å². The molecule has 1 aliphatic rings. The van der Waals surface area contributed by atoms with E-state index in [-0.39, 0.29) is 11.7 Å². The van der Waals surface area contributed by atoms with Gasteiger partial charge in [-0.2, -0.15) is 0 Å². The van der Waals surface area contributed by atoms with Crippen molar-refractivity contribution >= 4 is 56.5 Å². The summed E-state index contributed by atoms with van der Waals surface area (Å²) in [5, 5.41) is 12.9. The van der Waals surface area contributed by atoms with Gasteiger partial charge in [-0.15, -0.1) is 0 Å². The largest absolute Gasteiger partial charge is 0.504 e. The maximum absolute atomic E-state index is 12.3. The van der Waals surface area contributed by atoms with Gasteiger partial charge in [-0.25, -0.2) is 9.79 Å². The van der Waals surface area contributed by atoms with Crippen LogP contribution in [0.3, 0.4) is 0 Å². The molecule has 3 rings (SSSR count). The summed E-state index contributed by atoms with van der Waals surface area (Å²) >= 11 is 4.56. The number of aromatic hydroxyl groups is 1. The van der Waals surface area contributed by atoms with E-state index < -0.39 is 5.97 Å². The number of phenols is 1. The van der Waals surface area contributed by atoms with Gasteiger partial charge < -0.3 is 19.9 Å². The minimum Gasteiger partial charge on any atom is -0.504 e. The summed E-state index contributed by atoms with van der Waals surface area (Å²) in [6.45, 7) is 2.06. The Morgan fingerprint density at radius 1 is 1.31 bits per heavy atom. The molecule has 150 valence electrons.